The van der Waals surface area contributed by atoms with Crippen LogP contribution in [0.5, 0.6) is 5.75 Å². The van der Waals surface area contributed by atoms with E-state index in [1.165, 1.54) is 0 Å². The van der Waals surface area contributed by atoms with E-state index >= 15 is 0 Å². The van der Waals surface area contributed by atoms with E-state index in [1.807, 2.05) is 12.1 Å². The minimum absolute atomic E-state index is 0.171. The topological polar surface area (TPSA) is 58.6 Å². The highest BCUT2D eigenvalue weighted by Gasteiger charge is 2.28. The van der Waals surface area contributed by atoms with E-state index in [1.54, 1.807) is 42.2 Å². The third kappa shape index (κ3) is 4.73. The predicted octanol–water partition coefficient (Wildman–Crippen LogP) is 5.18. The minimum Gasteiger partial charge on any atom is -0.481 e. The Morgan fingerprint density at radius 1 is 1.12 bits per heavy atom. The van der Waals surface area contributed by atoms with Gasteiger partial charge in [0.15, 0.2) is 6.10 Å². The third-order valence-electron chi connectivity index (χ3n) is 5.11. The number of amides is 2. The van der Waals surface area contributed by atoms with Gasteiger partial charge in [-0.2, -0.15) is 0 Å². The van der Waals surface area contributed by atoms with E-state index in [2.05, 4.69) is 5.32 Å². The van der Waals surface area contributed by atoms with Crippen LogP contribution in [0.4, 0.5) is 14.5 Å². The normalized spacial score (nSPS) is 15.6. The van der Waals surface area contributed by atoms with Crippen molar-refractivity contribution < 1.29 is 23.1 Å². The van der Waals surface area contributed by atoms with Gasteiger partial charge in [0.05, 0.1) is 5.56 Å². The average molecular weight is 457 g/mol. The van der Waals surface area contributed by atoms with Crippen molar-refractivity contribution in [2.45, 2.75) is 26.1 Å². The number of nitrogens with one attached hydrogen (secondary N) is 1. The minimum atomic E-state index is -0.950. The number of ether oxygens (including phenoxy) is 1. The molecule has 0 bridgehead atoms. The third-order valence-corrected chi connectivity index (χ3v) is 5.36. The van der Waals surface area contributed by atoms with Crippen molar-refractivity contribution in [3.63, 3.8) is 0 Å². The summed E-state index contributed by atoms with van der Waals surface area (Å²) in [5.74, 6) is -2.07. The van der Waals surface area contributed by atoms with Gasteiger partial charge in [0.1, 0.15) is 17.4 Å². The Labute approximate surface area is 188 Å². The molecule has 0 unspecified atom stereocenters. The van der Waals surface area contributed by atoms with Gasteiger partial charge < -0.3 is 15.0 Å². The van der Waals surface area contributed by atoms with Gasteiger partial charge in [-0.1, -0.05) is 23.7 Å². The Hall–Kier alpha value is -3.45. The first-order valence-electron chi connectivity index (χ1n) is 9.89. The molecule has 8 heteroatoms. The van der Waals surface area contributed by atoms with Crippen LogP contribution in [0.3, 0.4) is 0 Å². The monoisotopic (exact) mass is 456 g/mol. The summed E-state index contributed by atoms with van der Waals surface area (Å²) in [5.41, 5.74) is 1.73. The molecule has 0 spiro atoms. The van der Waals surface area contributed by atoms with Crippen LogP contribution in [0.25, 0.3) is 0 Å². The molecule has 2 amide bonds. The maximum atomic E-state index is 13.9. The van der Waals surface area contributed by atoms with Crippen LogP contribution in [0, 0.1) is 11.6 Å². The second kappa shape index (κ2) is 8.96. The quantitative estimate of drug-likeness (QED) is 0.588. The van der Waals surface area contributed by atoms with Gasteiger partial charge in [0.25, 0.3) is 11.8 Å². The molecule has 4 rings (SSSR count). The SMILES string of the molecule is C[C@@H]1Oc2ccc(NC(=O)c3ccc(F)cc3F)cc2CN(Cc2ccc(Cl)cc2)C1=O. The van der Waals surface area contributed by atoms with Crippen molar-refractivity contribution in [1.29, 1.82) is 0 Å². The molecule has 0 saturated heterocycles. The Morgan fingerprint density at radius 3 is 2.59 bits per heavy atom. The predicted molar refractivity (Wildman–Crippen MR) is 117 cm³/mol. The smallest absolute Gasteiger partial charge is 0.263 e. The number of nitrogens with zero attached hydrogens (tertiary/aromatic N) is 1. The first kappa shape index (κ1) is 21.8. The summed E-state index contributed by atoms with van der Waals surface area (Å²) in [7, 11) is 0. The number of hydrogen-bond donors (Lipinski definition) is 1. The number of benzene rings is 3. The first-order chi connectivity index (χ1) is 15.3. The molecule has 3 aromatic rings. The second-order valence-corrected chi connectivity index (χ2v) is 7.92. The molecular formula is C24H19ClF2N2O3. The van der Waals surface area contributed by atoms with E-state index in [9.17, 15) is 18.4 Å². The van der Waals surface area contributed by atoms with E-state index in [-0.39, 0.29) is 18.0 Å². The number of hydrogen-bond acceptors (Lipinski definition) is 3. The van der Waals surface area contributed by atoms with Crippen LogP contribution >= 0.6 is 11.6 Å². The Kier molecular flexibility index (Phi) is 6.10. The summed E-state index contributed by atoms with van der Waals surface area (Å²) in [6, 6.07) is 14.9. The van der Waals surface area contributed by atoms with Crippen LogP contribution in [0.15, 0.2) is 60.7 Å². The fourth-order valence-corrected chi connectivity index (χ4v) is 3.62. The fourth-order valence-electron chi connectivity index (χ4n) is 3.49. The van der Waals surface area contributed by atoms with Gasteiger partial charge in [0, 0.05) is 35.4 Å². The summed E-state index contributed by atoms with van der Waals surface area (Å²) in [5, 5.41) is 3.21. The summed E-state index contributed by atoms with van der Waals surface area (Å²) < 4.78 is 32.8. The van der Waals surface area contributed by atoms with E-state index in [0.29, 0.717) is 34.6 Å². The number of rotatable bonds is 4. The van der Waals surface area contributed by atoms with Crippen molar-refractivity contribution in [2.75, 3.05) is 5.32 Å². The molecular weight excluding hydrogens is 438 g/mol. The molecule has 0 saturated carbocycles. The molecule has 0 aliphatic carbocycles. The number of anilines is 1. The highest BCUT2D eigenvalue weighted by molar-refractivity contribution is 6.30. The molecule has 0 radical (unpaired) electrons. The van der Waals surface area contributed by atoms with Crippen LogP contribution in [-0.4, -0.2) is 22.8 Å². The number of halogens is 3. The van der Waals surface area contributed by atoms with Crippen molar-refractivity contribution in [3.8, 4) is 5.75 Å². The van der Waals surface area contributed by atoms with Gasteiger partial charge >= 0.3 is 0 Å². The lowest BCUT2D eigenvalue weighted by Crippen LogP contribution is -2.37. The van der Waals surface area contributed by atoms with E-state index < -0.39 is 23.6 Å². The van der Waals surface area contributed by atoms with Crippen LogP contribution in [-0.2, 0) is 17.9 Å². The largest absolute Gasteiger partial charge is 0.481 e. The molecule has 3 aromatic carbocycles. The molecule has 164 valence electrons. The molecule has 0 fully saturated rings. The molecule has 1 N–H and O–H groups in total. The van der Waals surface area contributed by atoms with Gasteiger partial charge in [0.2, 0.25) is 0 Å². The maximum absolute atomic E-state index is 13.9. The Morgan fingerprint density at radius 2 is 1.88 bits per heavy atom. The second-order valence-electron chi connectivity index (χ2n) is 7.48. The van der Waals surface area contributed by atoms with Gasteiger partial charge in [-0.15, -0.1) is 0 Å². The lowest BCUT2D eigenvalue weighted by molar-refractivity contribution is -0.138. The standard InChI is InChI=1S/C24H19ClF2N2O3/c1-14-24(31)29(12-15-2-4-17(25)5-3-15)13-16-10-19(7-9-22(16)32-14)28-23(30)20-8-6-18(26)11-21(20)27/h2-11,14H,12-13H2,1H3,(H,28,30)/t14-/m0/s1. The van der Waals surface area contributed by atoms with Gasteiger partial charge in [-0.05, 0) is 55.0 Å². The van der Waals surface area contributed by atoms with E-state index in [0.717, 1.165) is 17.7 Å². The molecule has 5 nitrogen and oxygen atoms in total. The lowest BCUT2D eigenvalue weighted by atomic mass is 10.1. The maximum Gasteiger partial charge on any atom is 0.263 e. The summed E-state index contributed by atoms with van der Waals surface area (Å²) >= 11 is 5.94. The zero-order valence-electron chi connectivity index (χ0n) is 17.1. The molecule has 1 atom stereocenters. The van der Waals surface area contributed by atoms with Crippen molar-refractivity contribution in [3.05, 3.63) is 94.0 Å². The van der Waals surface area contributed by atoms with Gasteiger partial charge in [-0.3, -0.25) is 9.59 Å². The van der Waals surface area contributed by atoms with Crippen molar-refractivity contribution in [1.82, 2.24) is 4.90 Å². The molecule has 1 aliphatic heterocycles. The van der Waals surface area contributed by atoms with Crippen LogP contribution in [0.2, 0.25) is 5.02 Å². The molecule has 32 heavy (non-hydrogen) atoms. The van der Waals surface area contributed by atoms with Crippen molar-refractivity contribution >= 4 is 29.1 Å². The zero-order chi connectivity index (χ0) is 22.8. The highest BCUT2D eigenvalue weighted by Crippen LogP contribution is 2.30. The summed E-state index contributed by atoms with van der Waals surface area (Å²) in [4.78, 5) is 26.9. The molecule has 1 heterocycles. The number of carbonyl (C=O) groups is 2. The molecule has 0 aromatic heterocycles. The highest BCUT2D eigenvalue weighted by atomic mass is 35.5. The van der Waals surface area contributed by atoms with Crippen LogP contribution < -0.4 is 10.1 Å². The first-order valence-corrected chi connectivity index (χ1v) is 10.3. The zero-order valence-corrected chi connectivity index (χ0v) is 17.8. The lowest BCUT2D eigenvalue weighted by Gasteiger charge is -2.22. The Balaban J connectivity index is 1.57. The van der Waals surface area contributed by atoms with Crippen molar-refractivity contribution in [2.24, 2.45) is 0 Å². The molecule has 1 aliphatic rings. The summed E-state index contributed by atoms with van der Waals surface area (Å²) in [6.07, 6.45) is -0.683. The summed E-state index contributed by atoms with van der Waals surface area (Å²) in [6.45, 7) is 2.30. The average Bonchev–Trinajstić information content (AvgIpc) is 2.86. The van der Waals surface area contributed by atoms with Gasteiger partial charge in [-0.25, -0.2) is 8.78 Å². The van der Waals surface area contributed by atoms with Crippen LogP contribution in [0.1, 0.15) is 28.4 Å². The Bertz CT molecular complexity index is 1180. The fraction of sp³-hybridized carbons (Fsp3) is 0.167. The number of carbonyl (C=O) groups excluding carboxylic acids is 2. The number of fused-ring (bicyclic) bond motifs is 1. The van der Waals surface area contributed by atoms with E-state index in [4.69, 9.17) is 16.3 Å².